The Morgan fingerprint density at radius 2 is 1.86 bits per heavy atom. The minimum atomic E-state index is -0.207. The molecule has 0 radical (unpaired) electrons. The topological polar surface area (TPSA) is 56.8 Å². The van der Waals surface area contributed by atoms with E-state index in [-0.39, 0.29) is 5.91 Å². The number of rotatable bonds is 6. The summed E-state index contributed by atoms with van der Waals surface area (Å²) in [5.74, 6) is 0.999. The highest BCUT2D eigenvalue weighted by atomic mass is 16.5. The van der Waals surface area contributed by atoms with E-state index in [1.807, 2.05) is 12.1 Å². The van der Waals surface area contributed by atoms with Crippen molar-refractivity contribution in [2.24, 2.45) is 0 Å². The van der Waals surface area contributed by atoms with Gasteiger partial charge in [-0.2, -0.15) is 0 Å². The zero-order valence-corrected chi connectivity index (χ0v) is 12.9. The summed E-state index contributed by atoms with van der Waals surface area (Å²) in [5.41, 5.74) is 2.09. The molecule has 1 N–H and O–H groups in total. The fourth-order valence-electron chi connectivity index (χ4n) is 2.07. The number of carbonyl (C=O) groups excluding carboxylic acids is 1. The molecule has 0 aromatic heterocycles. The fourth-order valence-corrected chi connectivity index (χ4v) is 2.07. The zero-order valence-electron chi connectivity index (χ0n) is 12.9. The number of methoxy groups -OCH3 is 3. The van der Waals surface area contributed by atoms with Crippen molar-refractivity contribution < 1.29 is 19.0 Å². The van der Waals surface area contributed by atoms with E-state index >= 15 is 0 Å². The molecule has 0 heterocycles. The summed E-state index contributed by atoms with van der Waals surface area (Å²) in [6, 6.07) is 12.5. The van der Waals surface area contributed by atoms with Gasteiger partial charge in [-0.25, -0.2) is 0 Å². The van der Waals surface area contributed by atoms with Gasteiger partial charge in [0.15, 0.2) is 0 Å². The molecule has 0 saturated heterocycles. The van der Waals surface area contributed by atoms with E-state index in [1.165, 1.54) is 0 Å². The van der Waals surface area contributed by atoms with E-state index in [0.29, 0.717) is 29.4 Å². The van der Waals surface area contributed by atoms with Crippen LogP contribution >= 0.6 is 0 Å². The average molecular weight is 301 g/mol. The molecule has 0 unspecified atom stereocenters. The standard InChI is InChI=1S/C17H19NO4/c1-20-11-12-5-4-6-13(9-12)17(19)18-15-8-7-14(21-2)10-16(15)22-3/h4-10H,11H2,1-3H3,(H,18,19). The normalized spacial score (nSPS) is 10.1. The van der Waals surface area contributed by atoms with Gasteiger partial charge in [-0.3, -0.25) is 4.79 Å². The molecule has 0 aliphatic carbocycles. The molecule has 0 atom stereocenters. The summed E-state index contributed by atoms with van der Waals surface area (Å²) in [6.45, 7) is 0.465. The summed E-state index contributed by atoms with van der Waals surface area (Å²) >= 11 is 0. The van der Waals surface area contributed by atoms with Crippen LogP contribution in [0.2, 0.25) is 0 Å². The third-order valence-electron chi connectivity index (χ3n) is 3.16. The Hall–Kier alpha value is -2.53. The van der Waals surface area contributed by atoms with Gasteiger partial charge >= 0.3 is 0 Å². The van der Waals surface area contributed by atoms with E-state index in [2.05, 4.69) is 5.32 Å². The second-order valence-corrected chi connectivity index (χ2v) is 4.65. The van der Waals surface area contributed by atoms with Crippen molar-refractivity contribution in [1.29, 1.82) is 0 Å². The predicted octanol–water partition coefficient (Wildman–Crippen LogP) is 3.10. The summed E-state index contributed by atoms with van der Waals surface area (Å²) in [5, 5.41) is 2.84. The maximum atomic E-state index is 12.4. The molecule has 0 fully saturated rings. The highest BCUT2D eigenvalue weighted by molar-refractivity contribution is 6.05. The van der Waals surface area contributed by atoms with Gasteiger partial charge in [0, 0.05) is 18.7 Å². The van der Waals surface area contributed by atoms with Crippen LogP contribution in [0.1, 0.15) is 15.9 Å². The third-order valence-corrected chi connectivity index (χ3v) is 3.16. The van der Waals surface area contributed by atoms with Gasteiger partial charge in [-0.05, 0) is 29.8 Å². The van der Waals surface area contributed by atoms with Crippen molar-refractivity contribution in [3.05, 3.63) is 53.6 Å². The van der Waals surface area contributed by atoms with Crippen LogP contribution in [0.25, 0.3) is 0 Å². The maximum absolute atomic E-state index is 12.4. The summed E-state index contributed by atoms with van der Waals surface area (Å²) < 4.78 is 15.5. The van der Waals surface area contributed by atoms with Gasteiger partial charge < -0.3 is 19.5 Å². The van der Waals surface area contributed by atoms with Crippen LogP contribution in [0.3, 0.4) is 0 Å². The van der Waals surface area contributed by atoms with Crippen molar-refractivity contribution in [1.82, 2.24) is 0 Å². The molecule has 5 nitrogen and oxygen atoms in total. The van der Waals surface area contributed by atoms with Crippen molar-refractivity contribution in [3.8, 4) is 11.5 Å². The van der Waals surface area contributed by atoms with Crippen molar-refractivity contribution in [2.45, 2.75) is 6.61 Å². The first-order valence-corrected chi connectivity index (χ1v) is 6.79. The quantitative estimate of drug-likeness (QED) is 0.890. The molecule has 0 aliphatic heterocycles. The lowest BCUT2D eigenvalue weighted by Gasteiger charge is -2.12. The van der Waals surface area contributed by atoms with E-state index in [0.717, 1.165) is 5.56 Å². The number of carbonyl (C=O) groups is 1. The second-order valence-electron chi connectivity index (χ2n) is 4.65. The number of ether oxygens (including phenoxy) is 3. The Labute approximate surface area is 129 Å². The number of hydrogen-bond donors (Lipinski definition) is 1. The van der Waals surface area contributed by atoms with Crippen LogP contribution in [-0.2, 0) is 11.3 Å². The van der Waals surface area contributed by atoms with E-state index in [9.17, 15) is 4.79 Å². The summed E-state index contributed by atoms with van der Waals surface area (Å²) in [4.78, 5) is 12.4. The summed E-state index contributed by atoms with van der Waals surface area (Å²) in [6.07, 6.45) is 0. The number of nitrogens with one attached hydrogen (secondary N) is 1. The van der Waals surface area contributed by atoms with Gasteiger partial charge in [-0.15, -0.1) is 0 Å². The first-order valence-electron chi connectivity index (χ1n) is 6.79. The Bertz CT molecular complexity index is 655. The lowest BCUT2D eigenvalue weighted by atomic mass is 10.1. The van der Waals surface area contributed by atoms with Gasteiger partial charge in [-0.1, -0.05) is 12.1 Å². The molecule has 2 aromatic rings. The lowest BCUT2D eigenvalue weighted by molar-refractivity contribution is 0.102. The Balaban J connectivity index is 2.19. The SMILES string of the molecule is COCc1cccc(C(=O)Nc2ccc(OC)cc2OC)c1. The second kappa shape index (κ2) is 7.47. The largest absolute Gasteiger partial charge is 0.497 e. The van der Waals surface area contributed by atoms with Crippen LogP contribution in [-0.4, -0.2) is 27.2 Å². The lowest BCUT2D eigenvalue weighted by Crippen LogP contribution is -2.13. The van der Waals surface area contributed by atoms with Crippen LogP contribution in [0.4, 0.5) is 5.69 Å². The molecule has 0 spiro atoms. The van der Waals surface area contributed by atoms with Crippen molar-refractivity contribution in [3.63, 3.8) is 0 Å². The van der Waals surface area contributed by atoms with Crippen LogP contribution in [0.5, 0.6) is 11.5 Å². The van der Waals surface area contributed by atoms with Crippen molar-refractivity contribution in [2.75, 3.05) is 26.6 Å². The molecule has 22 heavy (non-hydrogen) atoms. The van der Waals surface area contributed by atoms with Crippen LogP contribution < -0.4 is 14.8 Å². The molecule has 0 aliphatic rings. The molecular formula is C17H19NO4. The van der Waals surface area contributed by atoms with E-state index < -0.39 is 0 Å². The molecular weight excluding hydrogens is 282 g/mol. The predicted molar refractivity (Wildman–Crippen MR) is 84.7 cm³/mol. The van der Waals surface area contributed by atoms with E-state index in [1.54, 1.807) is 51.7 Å². The first kappa shape index (κ1) is 15.9. The Morgan fingerprint density at radius 3 is 2.55 bits per heavy atom. The fraction of sp³-hybridized carbons (Fsp3) is 0.235. The number of amides is 1. The molecule has 116 valence electrons. The highest BCUT2D eigenvalue weighted by Gasteiger charge is 2.11. The maximum Gasteiger partial charge on any atom is 0.255 e. The van der Waals surface area contributed by atoms with E-state index in [4.69, 9.17) is 14.2 Å². The smallest absolute Gasteiger partial charge is 0.255 e. The van der Waals surface area contributed by atoms with Gasteiger partial charge in [0.25, 0.3) is 5.91 Å². The van der Waals surface area contributed by atoms with Gasteiger partial charge in [0.1, 0.15) is 11.5 Å². The monoisotopic (exact) mass is 301 g/mol. The molecule has 1 amide bonds. The minimum absolute atomic E-state index is 0.207. The molecule has 2 rings (SSSR count). The van der Waals surface area contributed by atoms with Crippen LogP contribution in [0, 0.1) is 0 Å². The molecule has 2 aromatic carbocycles. The Morgan fingerprint density at radius 1 is 1.05 bits per heavy atom. The van der Waals surface area contributed by atoms with Crippen LogP contribution in [0.15, 0.2) is 42.5 Å². The molecule has 0 saturated carbocycles. The minimum Gasteiger partial charge on any atom is -0.497 e. The van der Waals surface area contributed by atoms with Gasteiger partial charge in [0.2, 0.25) is 0 Å². The highest BCUT2D eigenvalue weighted by Crippen LogP contribution is 2.29. The number of hydrogen-bond acceptors (Lipinski definition) is 4. The molecule has 5 heteroatoms. The van der Waals surface area contributed by atoms with Crippen molar-refractivity contribution >= 4 is 11.6 Å². The zero-order chi connectivity index (χ0) is 15.9. The molecule has 0 bridgehead atoms. The average Bonchev–Trinajstić information content (AvgIpc) is 2.55. The number of benzene rings is 2. The summed E-state index contributed by atoms with van der Waals surface area (Å²) in [7, 11) is 4.74. The third kappa shape index (κ3) is 3.77. The number of anilines is 1. The van der Waals surface area contributed by atoms with Gasteiger partial charge in [0.05, 0.1) is 26.5 Å². The Kier molecular flexibility index (Phi) is 5.38. The first-order chi connectivity index (χ1) is 10.7.